The zero-order chi connectivity index (χ0) is 23.6. The highest BCUT2D eigenvalue weighted by atomic mass is 32.2. The van der Waals surface area contributed by atoms with Gasteiger partial charge in [-0.05, 0) is 50.5 Å². The van der Waals surface area contributed by atoms with Gasteiger partial charge in [-0.1, -0.05) is 17.7 Å². The average molecular weight is 475 g/mol. The zero-order valence-corrected chi connectivity index (χ0v) is 19.8. The Hall–Kier alpha value is -2.69. The molecule has 2 fully saturated rings. The summed E-state index contributed by atoms with van der Waals surface area (Å²) in [5, 5.41) is 11.8. The molecule has 0 saturated carbocycles. The van der Waals surface area contributed by atoms with Crippen LogP contribution in [0.2, 0.25) is 0 Å². The standard InChI is InChI=1S/C23H30N4O5S/c1-17-5-7-21(18(2)14-17)24-33(30,31)20-6-8-22(23(15-20)27(28)29)26-11-9-25(10-12-26)16-19-4-3-13-32-19/h5-8,14-15,19,24H,3-4,9-13,16H2,1-2H3. The van der Waals surface area contributed by atoms with E-state index in [4.69, 9.17) is 4.74 Å². The molecule has 2 saturated heterocycles. The van der Waals surface area contributed by atoms with E-state index in [1.807, 2.05) is 30.9 Å². The predicted octanol–water partition coefficient (Wildman–Crippen LogP) is 3.31. The summed E-state index contributed by atoms with van der Waals surface area (Å²) in [5.41, 5.74) is 2.50. The Kier molecular flexibility index (Phi) is 6.87. The molecule has 9 nitrogen and oxygen atoms in total. The van der Waals surface area contributed by atoms with E-state index in [-0.39, 0.29) is 16.7 Å². The van der Waals surface area contributed by atoms with E-state index < -0.39 is 14.9 Å². The molecule has 2 aliphatic rings. The third-order valence-electron chi connectivity index (χ3n) is 6.28. The second-order valence-electron chi connectivity index (χ2n) is 8.75. The lowest BCUT2D eigenvalue weighted by Gasteiger charge is -2.36. The van der Waals surface area contributed by atoms with Crippen LogP contribution in [-0.2, 0) is 14.8 Å². The number of nitro benzene ring substituents is 1. The first-order valence-corrected chi connectivity index (χ1v) is 12.7. The summed E-state index contributed by atoms with van der Waals surface area (Å²) >= 11 is 0. The minimum Gasteiger partial charge on any atom is -0.377 e. The molecule has 1 N–H and O–H groups in total. The largest absolute Gasteiger partial charge is 0.377 e. The molecule has 1 atom stereocenters. The van der Waals surface area contributed by atoms with Crippen molar-refractivity contribution in [3.63, 3.8) is 0 Å². The number of nitrogens with one attached hydrogen (secondary N) is 1. The Labute approximate surface area is 194 Å². The number of anilines is 2. The van der Waals surface area contributed by atoms with E-state index in [1.165, 1.54) is 6.07 Å². The molecule has 1 unspecified atom stereocenters. The second-order valence-corrected chi connectivity index (χ2v) is 10.4. The maximum absolute atomic E-state index is 12.9. The molecule has 4 rings (SSSR count). The maximum atomic E-state index is 12.9. The van der Waals surface area contributed by atoms with Gasteiger partial charge in [0.15, 0.2) is 0 Å². The predicted molar refractivity (Wildman–Crippen MR) is 127 cm³/mol. The molecule has 178 valence electrons. The van der Waals surface area contributed by atoms with Crippen molar-refractivity contribution in [1.29, 1.82) is 0 Å². The van der Waals surface area contributed by atoms with Crippen molar-refractivity contribution in [3.05, 3.63) is 57.6 Å². The quantitative estimate of drug-likeness (QED) is 0.485. The van der Waals surface area contributed by atoms with Crippen LogP contribution in [-0.4, -0.2) is 63.7 Å². The Morgan fingerprint density at radius 1 is 1.12 bits per heavy atom. The number of aryl methyl sites for hydroxylation is 2. The SMILES string of the molecule is Cc1ccc(NS(=O)(=O)c2ccc(N3CCN(CC4CCCO4)CC3)c([N+](=O)[O-])c2)c(C)c1. The molecule has 2 aliphatic heterocycles. The minimum atomic E-state index is -3.97. The first kappa shape index (κ1) is 23.5. The summed E-state index contributed by atoms with van der Waals surface area (Å²) in [6.45, 7) is 8.30. The van der Waals surface area contributed by atoms with Gasteiger partial charge in [0, 0.05) is 45.4 Å². The van der Waals surface area contributed by atoms with Crippen molar-refractivity contribution in [3.8, 4) is 0 Å². The second kappa shape index (κ2) is 9.66. The summed E-state index contributed by atoms with van der Waals surface area (Å²) in [4.78, 5) is 15.5. The van der Waals surface area contributed by atoms with Crippen LogP contribution < -0.4 is 9.62 Å². The highest BCUT2D eigenvalue weighted by Crippen LogP contribution is 2.32. The topological polar surface area (TPSA) is 105 Å². The number of piperazine rings is 1. The van der Waals surface area contributed by atoms with Gasteiger partial charge in [-0.15, -0.1) is 0 Å². The van der Waals surface area contributed by atoms with Gasteiger partial charge < -0.3 is 9.64 Å². The van der Waals surface area contributed by atoms with Crippen LogP contribution in [0.1, 0.15) is 24.0 Å². The van der Waals surface area contributed by atoms with Gasteiger partial charge in [-0.3, -0.25) is 19.7 Å². The summed E-state index contributed by atoms with van der Waals surface area (Å²) in [5.74, 6) is 0. The molecule has 0 spiro atoms. The lowest BCUT2D eigenvalue weighted by atomic mass is 10.1. The van der Waals surface area contributed by atoms with Crippen LogP contribution >= 0.6 is 0 Å². The van der Waals surface area contributed by atoms with E-state index in [9.17, 15) is 18.5 Å². The highest BCUT2D eigenvalue weighted by Gasteiger charge is 2.28. The molecule has 2 aromatic rings. The van der Waals surface area contributed by atoms with E-state index in [2.05, 4.69) is 9.62 Å². The van der Waals surface area contributed by atoms with E-state index in [0.29, 0.717) is 24.5 Å². The van der Waals surface area contributed by atoms with Crippen LogP contribution in [0.5, 0.6) is 0 Å². The van der Waals surface area contributed by atoms with Crippen LogP contribution in [0.4, 0.5) is 17.1 Å². The number of hydrogen-bond acceptors (Lipinski definition) is 7. The van der Waals surface area contributed by atoms with E-state index in [1.54, 1.807) is 12.1 Å². The first-order chi connectivity index (χ1) is 15.7. The fourth-order valence-corrected chi connectivity index (χ4v) is 5.61. The molecule has 2 heterocycles. The van der Waals surface area contributed by atoms with E-state index >= 15 is 0 Å². The summed E-state index contributed by atoms with van der Waals surface area (Å²) in [6, 6.07) is 9.52. The molecule has 10 heteroatoms. The first-order valence-electron chi connectivity index (χ1n) is 11.2. The molecular weight excluding hydrogens is 444 g/mol. The third-order valence-corrected chi connectivity index (χ3v) is 7.64. The fourth-order valence-electron chi connectivity index (χ4n) is 4.46. The van der Waals surface area contributed by atoms with Crippen molar-refractivity contribution < 1.29 is 18.1 Å². The smallest absolute Gasteiger partial charge is 0.293 e. The molecule has 0 bridgehead atoms. The number of hydrogen-bond donors (Lipinski definition) is 1. The van der Waals surface area contributed by atoms with Crippen LogP contribution in [0, 0.1) is 24.0 Å². The van der Waals surface area contributed by atoms with Crippen molar-refractivity contribution >= 4 is 27.1 Å². The number of ether oxygens (including phenoxy) is 1. The Morgan fingerprint density at radius 3 is 2.52 bits per heavy atom. The number of benzene rings is 2. The van der Waals surface area contributed by atoms with Crippen molar-refractivity contribution in [2.75, 3.05) is 49.0 Å². The van der Waals surface area contributed by atoms with Gasteiger partial charge in [0.2, 0.25) is 0 Å². The monoisotopic (exact) mass is 474 g/mol. The Bertz CT molecular complexity index is 1120. The van der Waals surface area contributed by atoms with Gasteiger partial charge in [0.1, 0.15) is 5.69 Å². The zero-order valence-electron chi connectivity index (χ0n) is 19.0. The van der Waals surface area contributed by atoms with Gasteiger partial charge in [0.05, 0.1) is 21.6 Å². The van der Waals surface area contributed by atoms with Gasteiger partial charge in [-0.2, -0.15) is 0 Å². The van der Waals surface area contributed by atoms with E-state index in [0.717, 1.165) is 56.3 Å². The molecular formula is C23H30N4O5S. The molecule has 0 aliphatic carbocycles. The molecule has 0 aromatic heterocycles. The van der Waals surface area contributed by atoms with Gasteiger partial charge in [-0.25, -0.2) is 8.42 Å². The number of nitrogens with zero attached hydrogens (tertiary/aromatic N) is 3. The average Bonchev–Trinajstić information content (AvgIpc) is 3.29. The van der Waals surface area contributed by atoms with Crippen molar-refractivity contribution in [2.24, 2.45) is 0 Å². The molecule has 0 radical (unpaired) electrons. The number of sulfonamides is 1. The summed E-state index contributed by atoms with van der Waals surface area (Å²) in [6.07, 6.45) is 2.46. The van der Waals surface area contributed by atoms with Crippen molar-refractivity contribution in [1.82, 2.24) is 4.90 Å². The molecule has 33 heavy (non-hydrogen) atoms. The van der Waals surface area contributed by atoms with Crippen LogP contribution in [0.3, 0.4) is 0 Å². The number of nitro groups is 1. The normalized spacial score (nSPS) is 19.6. The Morgan fingerprint density at radius 2 is 1.88 bits per heavy atom. The fraction of sp³-hybridized carbons (Fsp3) is 0.478. The lowest BCUT2D eigenvalue weighted by molar-refractivity contribution is -0.384. The molecule has 0 amide bonds. The van der Waals surface area contributed by atoms with Crippen molar-refractivity contribution in [2.45, 2.75) is 37.7 Å². The van der Waals surface area contributed by atoms with Crippen LogP contribution in [0.25, 0.3) is 0 Å². The summed E-state index contributed by atoms with van der Waals surface area (Å²) in [7, 11) is -3.97. The minimum absolute atomic E-state index is 0.130. The molecule has 2 aromatic carbocycles. The van der Waals surface area contributed by atoms with Crippen LogP contribution in [0.15, 0.2) is 41.3 Å². The lowest BCUT2D eigenvalue weighted by Crippen LogP contribution is -2.48. The van der Waals surface area contributed by atoms with Gasteiger partial charge >= 0.3 is 0 Å². The van der Waals surface area contributed by atoms with Gasteiger partial charge in [0.25, 0.3) is 15.7 Å². The Balaban J connectivity index is 1.50. The summed E-state index contributed by atoms with van der Waals surface area (Å²) < 4.78 is 34.1. The maximum Gasteiger partial charge on any atom is 0.293 e. The highest BCUT2D eigenvalue weighted by molar-refractivity contribution is 7.92. The third kappa shape index (κ3) is 5.45. The number of rotatable bonds is 7.